The summed E-state index contributed by atoms with van der Waals surface area (Å²) in [6.07, 6.45) is 5.57. The van der Waals surface area contributed by atoms with E-state index >= 15 is 0 Å². The van der Waals surface area contributed by atoms with E-state index < -0.39 is 5.60 Å². The Morgan fingerprint density at radius 1 is 1.36 bits per heavy atom. The van der Waals surface area contributed by atoms with Crippen LogP contribution in [0.1, 0.15) is 56.0 Å². The first kappa shape index (κ1) is 17.0. The van der Waals surface area contributed by atoms with Gasteiger partial charge in [-0.15, -0.1) is 0 Å². The maximum Gasteiger partial charge on any atom is 0.223 e. The Bertz CT molecular complexity index is 530. The molecule has 5 nitrogen and oxygen atoms in total. The number of hydrogen-bond donors (Lipinski definition) is 2. The number of rotatable bonds is 5. The predicted octanol–water partition coefficient (Wildman–Crippen LogP) is 2.03. The summed E-state index contributed by atoms with van der Waals surface area (Å²) >= 11 is 0. The molecule has 1 saturated carbocycles. The van der Waals surface area contributed by atoms with Gasteiger partial charge in [-0.1, -0.05) is 26.2 Å². The number of carbonyl (C=O) groups is 1. The first-order valence-electron chi connectivity index (χ1n) is 8.31. The Kier molecular flexibility index (Phi) is 5.27. The zero-order valence-corrected chi connectivity index (χ0v) is 14.3. The molecule has 22 heavy (non-hydrogen) atoms. The van der Waals surface area contributed by atoms with Crippen molar-refractivity contribution in [3.63, 3.8) is 0 Å². The van der Waals surface area contributed by atoms with Crippen molar-refractivity contribution in [2.45, 2.75) is 64.9 Å². The van der Waals surface area contributed by atoms with Gasteiger partial charge in [-0.3, -0.25) is 9.48 Å². The van der Waals surface area contributed by atoms with Gasteiger partial charge in [-0.25, -0.2) is 0 Å². The molecule has 1 fully saturated rings. The number of nitrogens with one attached hydrogen (secondary N) is 1. The quantitative estimate of drug-likeness (QED) is 0.874. The average molecular weight is 307 g/mol. The van der Waals surface area contributed by atoms with Crippen molar-refractivity contribution in [2.75, 3.05) is 6.54 Å². The van der Waals surface area contributed by atoms with Crippen molar-refractivity contribution in [3.05, 3.63) is 17.0 Å². The van der Waals surface area contributed by atoms with Crippen LogP contribution in [-0.4, -0.2) is 32.9 Å². The van der Waals surface area contributed by atoms with Crippen LogP contribution in [0.4, 0.5) is 0 Å². The maximum absolute atomic E-state index is 12.3. The maximum atomic E-state index is 12.3. The van der Waals surface area contributed by atoms with E-state index in [0.717, 1.165) is 42.6 Å². The van der Waals surface area contributed by atoms with Gasteiger partial charge in [0.2, 0.25) is 5.91 Å². The van der Waals surface area contributed by atoms with Gasteiger partial charge in [0.1, 0.15) is 0 Å². The van der Waals surface area contributed by atoms with Crippen LogP contribution in [0.15, 0.2) is 0 Å². The molecule has 1 aliphatic carbocycles. The second-order valence-corrected chi connectivity index (χ2v) is 6.88. The normalized spacial score (nSPS) is 19.0. The van der Waals surface area contributed by atoms with Crippen LogP contribution >= 0.6 is 0 Å². The van der Waals surface area contributed by atoms with Crippen LogP contribution in [0, 0.1) is 19.8 Å². The van der Waals surface area contributed by atoms with Gasteiger partial charge in [0.25, 0.3) is 0 Å². The summed E-state index contributed by atoms with van der Waals surface area (Å²) in [5.74, 6) is -0.101. The monoisotopic (exact) mass is 307 g/mol. The third kappa shape index (κ3) is 3.88. The fraction of sp³-hybridized carbons (Fsp3) is 0.765. The minimum absolute atomic E-state index is 0.0154. The zero-order chi connectivity index (χ0) is 16.3. The highest BCUT2D eigenvalue weighted by Crippen LogP contribution is 2.27. The van der Waals surface area contributed by atoms with Crippen LogP contribution in [0.5, 0.6) is 0 Å². The topological polar surface area (TPSA) is 67.2 Å². The molecule has 5 heteroatoms. The molecule has 0 aromatic carbocycles. The second kappa shape index (κ2) is 6.82. The minimum atomic E-state index is -0.701. The molecule has 0 spiro atoms. The molecule has 0 radical (unpaired) electrons. The Labute approximate surface area is 133 Å². The van der Waals surface area contributed by atoms with E-state index in [1.807, 2.05) is 32.5 Å². The van der Waals surface area contributed by atoms with E-state index in [4.69, 9.17) is 0 Å². The summed E-state index contributed by atoms with van der Waals surface area (Å²) in [6.45, 7) is 6.33. The van der Waals surface area contributed by atoms with Crippen molar-refractivity contribution in [2.24, 2.45) is 13.0 Å². The minimum Gasteiger partial charge on any atom is -0.388 e. The number of amides is 1. The van der Waals surface area contributed by atoms with Gasteiger partial charge in [0.15, 0.2) is 0 Å². The molecule has 1 unspecified atom stereocenters. The fourth-order valence-corrected chi connectivity index (χ4v) is 3.32. The van der Waals surface area contributed by atoms with Crippen molar-refractivity contribution >= 4 is 5.91 Å². The van der Waals surface area contributed by atoms with Crippen LogP contribution in [0.2, 0.25) is 0 Å². The number of aliphatic hydroxyl groups is 1. The lowest BCUT2D eigenvalue weighted by Gasteiger charge is -2.32. The first-order valence-corrected chi connectivity index (χ1v) is 8.31. The predicted molar refractivity (Wildman–Crippen MR) is 86.6 cm³/mol. The lowest BCUT2D eigenvalue weighted by molar-refractivity contribution is -0.126. The van der Waals surface area contributed by atoms with Gasteiger partial charge in [0.05, 0.1) is 11.3 Å². The number of nitrogens with zero attached hydrogens (tertiary/aromatic N) is 2. The van der Waals surface area contributed by atoms with Crippen molar-refractivity contribution in [3.8, 4) is 0 Å². The van der Waals surface area contributed by atoms with Gasteiger partial charge >= 0.3 is 0 Å². The molecule has 1 heterocycles. The smallest absolute Gasteiger partial charge is 0.223 e. The van der Waals surface area contributed by atoms with Gasteiger partial charge in [-0.2, -0.15) is 5.10 Å². The summed E-state index contributed by atoms with van der Waals surface area (Å²) in [6, 6.07) is 0. The lowest BCUT2D eigenvalue weighted by atomic mass is 9.85. The molecule has 1 atom stereocenters. The molecule has 1 aliphatic rings. The molecule has 1 amide bonds. The molecule has 0 aliphatic heterocycles. The summed E-state index contributed by atoms with van der Waals surface area (Å²) in [5.41, 5.74) is 2.56. The number of aromatic nitrogens is 2. The van der Waals surface area contributed by atoms with Crippen LogP contribution in [-0.2, 0) is 18.3 Å². The molecule has 0 bridgehead atoms. The molecule has 2 N–H and O–H groups in total. The highest BCUT2D eigenvalue weighted by Gasteiger charge is 2.30. The number of aryl methyl sites for hydroxylation is 2. The van der Waals surface area contributed by atoms with Crippen LogP contribution in [0.3, 0.4) is 0 Å². The third-order valence-corrected chi connectivity index (χ3v) is 4.99. The Morgan fingerprint density at radius 3 is 2.55 bits per heavy atom. The van der Waals surface area contributed by atoms with Crippen LogP contribution < -0.4 is 5.32 Å². The Morgan fingerprint density at radius 2 is 2.00 bits per heavy atom. The summed E-state index contributed by atoms with van der Waals surface area (Å²) < 4.78 is 1.86. The van der Waals surface area contributed by atoms with E-state index in [0.29, 0.717) is 13.0 Å². The molecule has 1 aromatic rings. The molecule has 1 aromatic heterocycles. The summed E-state index contributed by atoms with van der Waals surface area (Å²) in [5, 5.41) is 17.8. The second-order valence-electron chi connectivity index (χ2n) is 6.88. The SMILES string of the molecule is Cc1nn(C)c(C)c1CC(C)C(=O)NCC1(O)CCCCC1. The number of carbonyl (C=O) groups excluding carboxylic acids is 1. The van der Waals surface area contributed by atoms with Crippen molar-refractivity contribution in [1.29, 1.82) is 0 Å². The average Bonchev–Trinajstić information content (AvgIpc) is 2.72. The lowest BCUT2D eigenvalue weighted by Crippen LogP contribution is -2.45. The van der Waals surface area contributed by atoms with E-state index in [9.17, 15) is 9.90 Å². The molecule has 2 rings (SSSR count). The van der Waals surface area contributed by atoms with Gasteiger partial charge in [0, 0.05) is 25.2 Å². The Hall–Kier alpha value is -1.36. The molecule has 0 saturated heterocycles. The largest absolute Gasteiger partial charge is 0.388 e. The van der Waals surface area contributed by atoms with Crippen molar-refractivity contribution < 1.29 is 9.90 Å². The zero-order valence-electron chi connectivity index (χ0n) is 14.3. The van der Waals surface area contributed by atoms with Crippen molar-refractivity contribution in [1.82, 2.24) is 15.1 Å². The molecular weight excluding hydrogens is 278 g/mol. The third-order valence-electron chi connectivity index (χ3n) is 4.99. The Balaban J connectivity index is 1.89. The summed E-state index contributed by atoms with van der Waals surface area (Å²) in [4.78, 5) is 12.3. The van der Waals surface area contributed by atoms with Gasteiger partial charge in [-0.05, 0) is 38.7 Å². The standard InChI is InChI=1S/C17H29N3O2/c1-12(10-15-13(2)19-20(4)14(15)3)16(21)18-11-17(22)8-6-5-7-9-17/h12,22H,5-11H2,1-4H3,(H,18,21). The van der Waals surface area contributed by atoms with E-state index in [1.165, 1.54) is 6.42 Å². The fourth-order valence-electron chi connectivity index (χ4n) is 3.32. The molecule has 124 valence electrons. The van der Waals surface area contributed by atoms with E-state index in [1.54, 1.807) is 0 Å². The highest BCUT2D eigenvalue weighted by atomic mass is 16.3. The van der Waals surface area contributed by atoms with Gasteiger partial charge < -0.3 is 10.4 Å². The van der Waals surface area contributed by atoms with E-state index in [-0.39, 0.29) is 11.8 Å². The molecular formula is C17H29N3O2. The van der Waals surface area contributed by atoms with Crippen LogP contribution in [0.25, 0.3) is 0 Å². The number of hydrogen-bond acceptors (Lipinski definition) is 3. The first-order chi connectivity index (χ1) is 10.3. The van der Waals surface area contributed by atoms with E-state index in [2.05, 4.69) is 10.4 Å². The summed E-state index contributed by atoms with van der Waals surface area (Å²) in [7, 11) is 1.93. The highest BCUT2D eigenvalue weighted by molar-refractivity contribution is 5.78.